The quantitative estimate of drug-likeness (QED) is 0.789. The zero-order chi connectivity index (χ0) is 14.5. The van der Waals surface area contributed by atoms with Crippen LogP contribution in [-0.2, 0) is 11.2 Å². The molecule has 3 N–H and O–H groups in total. The van der Waals surface area contributed by atoms with E-state index in [0.29, 0.717) is 0 Å². The van der Waals surface area contributed by atoms with Crippen molar-refractivity contribution >= 4 is 18.3 Å². The molecule has 0 heterocycles. The lowest BCUT2D eigenvalue weighted by Crippen LogP contribution is -2.41. The van der Waals surface area contributed by atoms with E-state index in [0.717, 1.165) is 6.07 Å². The normalized spacial score (nSPS) is 10.8. The fraction of sp³-hybridized carbons (Fsp3) is 0.417. The minimum Gasteiger partial charge on any atom is -0.350 e. The van der Waals surface area contributed by atoms with Gasteiger partial charge in [-0.2, -0.15) is 0 Å². The third kappa shape index (κ3) is 5.75. The van der Waals surface area contributed by atoms with Gasteiger partial charge in [0.2, 0.25) is 5.91 Å². The Morgan fingerprint density at radius 2 is 1.95 bits per heavy atom. The molecule has 1 aromatic rings. The molecule has 1 rings (SSSR count). The van der Waals surface area contributed by atoms with Crippen LogP contribution in [0.5, 0.6) is 0 Å². The summed E-state index contributed by atoms with van der Waals surface area (Å²) >= 11 is 0. The van der Waals surface area contributed by atoms with E-state index < -0.39 is 36.6 Å². The van der Waals surface area contributed by atoms with Crippen LogP contribution in [0.15, 0.2) is 18.2 Å². The maximum atomic E-state index is 13.2. The Kier molecular flexibility index (Phi) is 7.52. The molecule has 0 aliphatic rings. The molecular weight excluding hydrogens is 300 g/mol. The summed E-state index contributed by atoms with van der Waals surface area (Å²) < 4.78 is 51.6. The summed E-state index contributed by atoms with van der Waals surface area (Å²) in [5, 5.41) is 1.99. The molecule has 0 bridgehead atoms. The lowest BCUT2D eigenvalue weighted by atomic mass is 10.1. The highest BCUT2D eigenvalue weighted by molar-refractivity contribution is 5.85. The van der Waals surface area contributed by atoms with Crippen LogP contribution < -0.4 is 11.1 Å². The van der Waals surface area contributed by atoms with Crippen molar-refractivity contribution in [1.82, 2.24) is 5.32 Å². The summed E-state index contributed by atoms with van der Waals surface area (Å²) in [6.45, 7) is -1.74. The lowest BCUT2D eigenvalue weighted by molar-refractivity contribution is -0.122. The van der Waals surface area contributed by atoms with Gasteiger partial charge in [-0.15, -0.1) is 12.4 Å². The van der Waals surface area contributed by atoms with Crippen molar-refractivity contribution in [2.45, 2.75) is 18.8 Å². The highest BCUT2D eigenvalue weighted by Crippen LogP contribution is 2.13. The van der Waals surface area contributed by atoms with Gasteiger partial charge in [0.15, 0.2) is 11.6 Å². The van der Waals surface area contributed by atoms with Gasteiger partial charge in [0.1, 0.15) is 0 Å². The largest absolute Gasteiger partial charge is 0.350 e. The second-order valence-electron chi connectivity index (χ2n) is 4.05. The van der Waals surface area contributed by atoms with Gasteiger partial charge in [0, 0.05) is 6.42 Å². The molecule has 8 heteroatoms. The van der Waals surface area contributed by atoms with Crippen LogP contribution in [0, 0.1) is 11.6 Å². The predicted molar refractivity (Wildman–Crippen MR) is 68.9 cm³/mol. The second-order valence-corrected chi connectivity index (χ2v) is 4.05. The van der Waals surface area contributed by atoms with Crippen molar-refractivity contribution in [3.8, 4) is 0 Å². The summed E-state index contributed by atoms with van der Waals surface area (Å²) in [6.07, 6.45) is -0.273. The molecule has 0 aromatic heterocycles. The van der Waals surface area contributed by atoms with Crippen molar-refractivity contribution in [1.29, 1.82) is 0 Å². The number of aryl methyl sites for hydroxylation is 1. The average molecular weight is 315 g/mol. The van der Waals surface area contributed by atoms with Crippen molar-refractivity contribution in [2.24, 2.45) is 5.73 Å². The molecule has 1 aromatic carbocycles. The van der Waals surface area contributed by atoms with E-state index in [4.69, 9.17) is 5.73 Å². The van der Waals surface area contributed by atoms with Crippen LogP contribution in [-0.4, -0.2) is 24.9 Å². The number of nitrogens with one attached hydrogen (secondary N) is 1. The number of hydrogen-bond donors (Lipinski definition) is 2. The molecule has 0 unspecified atom stereocenters. The summed E-state index contributed by atoms with van der Waals surface area (Å²) in [5.74, 6) is -5.87. The number of nitrogens with two attached hydrogens (primary N) is 1. The van der Waals surface area contributed by atoms with Crippen LogP contribution in [0.1, 0.15) is 12.0 Å². The number of benzene rings is 1. The van der Waals surface area contributed by atoms with Gasteiger partial charge in [-0.3, -0.25) is 4.79 Å². The van der Waals surface area contributed by atoms with Crippen LogP contribution >= 0.6 is 12.4 Å². The fourth-order valence-electron chi connectivity index (χ4n) is 1.38. The fourth-order valence-corrected chi connectivity index (χ4v) is 1.38. The van der Waals surface area contributed by atoms with Gasteiger partial charge in [-0.1, -0.05) is 12.1 Å². The Balaban J connectivity index is 0.00000361. The Labute approximate surface area is 119 Å². The van der Waals surface area contributed by atoms with Crippen molar-refractivity contribution in [3.63, 3.8) is 0 Å². The van der Waals surface area contributed by atoms with Crippen LogP contribution in [0.3, 0.4) is 0 Å². The number of halogens is 5. The zero-order valence-corrected chi connectivity index (χ0v) is 11.3. The third-order valence-corrected chi connectivity index (χ3v) is 2.50. The molecule has 0 fully saturated rings. The molecular formula is C12H15ClF4N2O. The maximum Gasteiger partial charge on any atom is 0.277 e. The molecule has 0 aliphatic heterocycles. The summed E-state index contributed by atoms with van der Waals surface area (Å²) in [5.41, 5.74) is 4.83. The summed E-state index contributed by atoms with van der Waals surface area (Å²) in [7, 11) is 0. The monoisotopic (exact) mass is 314 g/mol. The van der Waals surface area contributed by atoms with Gasteiger partial charge < -0.3 is 11.1 Å². The Morgan fingerprint density at radius 1 is 1.30 bits per heavy atom. The number of rotatable bonds is 6. The van der Waals surface area contributed by atoms with Gasteiger partial charge >= 0.3 is 0 Å². The standard InChI is InChI=1S/C12H14F4N2O.ClH/c13-9-3-1-2-8(11(9)14)4-5-10(19)18-7-12(15,16)6-17;/h1-3H,4-7,17H2,(H,18,19);1H. The molecule has 0 atom stereocenters. The maximum absolute atomic E-state index is 13.2. The van der Waals surface area contributed by atoms with E-state index in [1.807, 2.05) is 5.32 Å². The second kappa shape index (κ2) is 8.06. The molecule has 0 saturated carbocycles. The predicted octanol–water partition coefficient (Wildman–Crippen LogP) is 2.03. The van der Waals surface area contributed by atoms with Crippen molar-refractivity contribution in [3.05, 3.63) is 35.4 Å². The van der Waals surface area contributed by atoms with E-state index in [9.17, 15) is 22.4 Å². The minimum absolute atomic E-state index is 0. The summed E-state index contributed by atoms with van der Waals surface area (Å²) in [6, 6.07) is 3.61. The Morgan fingerprint density at radius 3 is 2.55 bits per heavy atom. The van der Waals surface area contributed by atoms with E-state index in [-0.39, 0.29) is 30.8 Å². The number of alkyl halides is 2. The van der Waals surface area contributed by atoms with Crippen molar-refractivity contribution < 1.29 is 22.4 Å². The topological polar surface area (TPSA) is 55.1 Å². The van der Waals surface area contributed by atoms with Crippen LogP contribution in [0.4, 0.5) is 17.6 Å². The highest BCUT2D eigenvalue weighted by Gasteiger charge is 2.27. The van der Waals surface area contributed by atoms with Crippen molar-refractivity contribution in [2.75, 3.05) is 13.1 Å². The number of carbonyl (C=O) groups is 1. The first kappa shape index (κ1) is 18.7. The Hall–Kier alpha value is -1.34. The van der Waals surface area contributed by atoms with Gasteiger partial charge in [-0.25, -0.2) is 17.6 Å². The lowest BCUT2D eigenvalue weighted by Gasteiger charge is -2.14. The molecule has 0 saturated heterocycles. The van der Waals surface area contributed by atoms with E-state index in [2.05, 4.69) is 0 Å². The Bertz CT molecular complexity index is 457. The minimum atomic E-state index is -3.17. The first-order valence-corrected chi connectivity index (χ1v) is 5.63. The zero-order valence-electron chi connectivity index (χ0n) is 10.5. The van der Waals surface area contributed by atoms with E-state index >= 15 is 0 Å². The smallest absolute Gasteiger partial charge is 0.277 e. The molecule has 0 spiro atoms. The third-order valence-electron chi connectivity index (χ3n) is 2.50. The van der Waals surface area contributed by atoms with Crippen LogP contribution in [0.25, 0.3) is 0 Å². The van der Waals surface area contributed by atoms with E-state index in [1.165, 1.54) is 12.1 Å². The van der Waals surface area contributed by atoms with E-state index in [1.54, 1.807) is 0 Å². The van der Waals surface area contributed by atoms with Gasteiger partial charge in [0.05, 0.1) is 13.1 Å². The molecule has 3 nitrogen and oxygen atoms in total. The van der Waals surface area contributed by atoms with Gasteiger partial charge in [-0.05, 0) is 18.1 Å². The first-order valence-electron chi connectivity index (χ1n) is 5.63. The summed E-state index contributed by atoms with van der Waals surface area (Å²) in [4.78, 5) is 11.3. The molecule has 0 aliphatic carbocycles. The first-order chi connectivity index (χ1) is 8.85. The SMILES string of the molecule is Cl.NCC(F)(F)CNC(=O)CCc1cccc(F)c1F. The van der Waals surface area contributed by atoms with Crippen LogP contribution in [0.2, 0.25) is 0 Å². The van der Waals surface area contributed by atoms with Gasteiger partial charge in [0.25, 0.3) is 5.92 Å². The number of hydrogen-bond acceptors (Lipinski definition) is 2. The molecule has 0 radical (unpaired) electrons. The average Bonchev–Trinajstić information content (AvgIpc) is 2.38. The highest BCUT2D eigenvalue weighted by atomic mass is 35.5. The number of amides is 1. The molecule has 114 valence electrons. The molecule has 20 heavy (non-hydrogen) atoms. The number of carbonyl (C=O) groups excluding carboxylic acids is 1. The molecule has 1 amide bonds.